The second kappa shape index (κ2) is 8.08. The summed E-state index contributed by atoms with van der Waals surface area (Å²) >= 11 is 0. The van der Waals surface area contributed by atoms with E-state index in [1.54, 1.807) is 0 Å². The summed E-state index contributed by atoms with van der Waals surface area (Å²) in [5.74, 6) is 0.781. The summed E-state index contributed by atoms with van der Waals surface area (Å²) in [6.45, 7) is 8.91. The molecule has 0 aromatic rings. The van der Waals surface area contributed by atoms with Gasteiger partial charge in [-0.25, -0.2) is 0 Å². The topological polar surface area (TPSA) is 21.3 Å². The van der Waals surface area contributed by atoms with Gasteiger partial charge in [0.05, 0.1) is 6.10 Å². The number of rotatable bonds is 7. The van der Waals surface area contributed by atoms with E-state index in [4.69, 9.17) is 4.74 Å². The fraction of sp³-hybridized carbons (Fsp3) is 1.00. The molecule has 0 amide bonds. The van der Waals surface area contributed by atoms with Crippen LogP contribution in [0.2, 0.25) is 0 Å². The highest BCUT2D eigenvalue weighted by Crippen LogP contribution is 2.20. The first kappa shape index (κ1) is 14.0. The Morgan fingerprint density at radius 2 is 2.12 bits per heavy atom. The van der Waals surface area contributed by atoms with Crippen molar-refractivity contribution in [2.75, 3.05) is 13.2 Å². The lowest BCUT2D eigenvalue weighted by Crippen LogP contribution is -2.36. The molecule has 1 aliphatic rings. The second-order valence-corrected chi connectivity index (χ2v) is 5.12. The van der Waals surface area contributed by atoms with Crippen LogP contribution in [0.3, 0.4) is 0 Å². The molecule has 0 aliphatic carbocycles. The van der Waals surface area contributed by atoms with Crippen molar-refractivity contribution in [3.8, 4) is 0 Å². The molecule has 2 heteroatoms. The third-order valence-electron chi connectivity index (χ3n) is 3.87. The van der Waals surface area contributed by atoms with E-state index in [0.717, 1.165) is 19.1 Å². The van der Waals surface area contributed by atoms with Crippen molar-refractivity contribution < 1.29 is 4.74 Å². The molecule has 1 heterocycles. The van der Waals surface area contributed by atoms with Crippen LogP contribution in [0.25, 0.3) is 0 Å². The lowest BCUT2D eigenvalue weighted by molar-refractivity contribution is 0.00763. The van der Waals surface area contributed by atoms with Crippen molar-refractivity contribution in [1.82, 2.24) is 5.32 Å². The first-order valence-electron chi connectivity index (χ1n) is 7.12. The normalized spacial score (nSPS) is 25.3. The van der Waals surface area contributed by atoms with Crippen molar-refractivity contribution in [1.29, 1.82) is 0 Å². The van der Waals surface area contributed by atoms with Crippen LogP contribution in [0.4, 0.5) is 0 Å². The zero-order chi connectivity index (χ0) is 11.8. The first-order chi connectivity index (χ1) is 7.77. The summed E-state index contributed by atoms with van der Waals surface area (Å²) in [7, 11) is 0. The van der Waals surface area contributed by atoms with Gasteiger partial charge in [-0.1, -0.05) is 27.2 Å². The monoisotopic (exact) mass is 227 g/mol. The summed E-state index contributed by atoms with van der Waals surface area (Å²) in [4.78, 5) is 0. The molecule has 0 aromatic heterocycles. The Hall–Kier alpha value is -0.0800. The average molecular weight is 227 g/mol. The van der Waals surface area contributed by atoms with Crippen molar-refractivity contribution in [2.24, 2.45) is 5.92 Å². The number of hydrogen-bond acceptors (Lipinski definition) is 2. The molecule has 1 fully saturated rings. The third kappa shape index (κ3) is 4.84. The molecule has 3 atom stereocenters. The number of ether oxygens (including phenoxy) is 1. The van der Waals surface area contributed by atoms with Gasteiger partial charge in [-0.15, -0.1) is 0 Å². The number of nitrogens with one attached hydrogen (secondary N) is 1. The van der Waals surface area contributed by atoms with Gasteiger partial charge in [0.2, 0.25) is 0 Å². The molecule has 1 N–H and O–H groups in total. The SMILES string of the molecule is CCNC(CCC1CCCCO1)C(C)CC. The molecule has 0 aromatic carbocycles. The van der Waals surface area contributed by atoms with Crippen LogP contribution >= 0.6 is 0 Å². The Morgan fingerprint density at radius 3 is 2.69 bits per heavy atom. The van der Waals surface area contributed by atoms with Gasteiger partial charge in [-0.3, -0.25) is 0 Å². The molecule has 3 unspecified atom stereocenters. The summed E-state index contributed by atoms with van der Waals surface area (Å²) in [6.07, 6.45) is 8.22. The fourth-order valence-corrected chi connectivity index (χ4v) is 2.53. The molecule has 0 bridgehead atoms. The van der Waals surface area contributed by atoms with Crippen LogP contribution in [-0.4, -0.2) is 25.3 Å². The van der Waals surface area contributed by atoms with Gasteiger partial charge < -0.3 is 10.1 Å². The first-order valence-corrected chi connectivity index (χ1v) is 7.12. The van der Waals surface area contributed by atoms with Crippen molar-refractivity contribution in [3.05, 3.63) is 0 Å². The van der Waals surface area contributed by atoms with Gasteiger partial charge >= 0.3 is 0 Å². The molecule has 0 spiro atoms. The Balaban J connectivity index is 2.24. The lowest BCUT2D eigenvalue weighted by atomic mass is 9.92. The standard InChI is InChI=1S/C14H29NO/c1-4-12(3)14(15-5-2)10-9-13-8-6-7-11-16-13/h12-15H,4-11H2,1-3H3. The summed E-state index contributed by atoms with van der Waals surface area (Å²) in [6, 6.07) is 0.681. The van der Waals surface area contributed by atoms with E-state index in [0.29, 0.717) is 12.1 Å². The Bertz CT molecular complexity index is 166. The molecule has 0 saturated carbocycles. The maximum absolute atomic E-state index is 5.79. The second-order valence-electron chi connectivity index (χ2n) is 5.12. The highest BCUT2D eigenvalue weighted by atomic mass is 16.5. The van der Waals surface area contributed by atoms with E-state index < -0.39 is 0 Å². The zero-order valence-corrected chi connectivity index (χ0v) is 11.3. The van der Waals surface area contributed by atoms with E-state index in [2.05, 4.69) is 26.1 Å². The Labute approximate surface area is 101 Å². The zero-order valence-electron chi connectivity index (χ0n) is 11.3. The van der Waals surface area contributed by atoms with Crippen molar-refractivity contribution in [3.63, 3.8) is 0 Å². The van der Waals surface area contributed by atoms with E-state index in [1.165, 1.54) is 38.5 Å². The minimum atomic E-state index is 0.541. The van der Waals surface area contributed by atoms with E-state index in [-0.39, 0.29) is 0 Å². The molecule has 96 valence electrons. The summed E-state index contributed by atoms with van der Waals surface area (Å²) < 4.78 is 5.79. The van der Waals surface area contributed by atoms with Gasteiger partial charge in [0.15, 0.2) is 0 Å². The molecule has 1 rings (SSSR count). The average Bonchev–Trinajstić information content (AvgIpc) is 2.34. The van der Waals surface area contributed by atoms with Crippen LogP contribution < -0.4 is 5.32 Å². The summed E-state index contributed by atoms with van der Waals surface area (Å²) in [5, 5.41) is 3.62. The minimum Gasteiger partial charge on any atom is -0.378 e. The highest BCUT2D eigenvalue weighted by Gasteiger charge is 2.19. The molecular weight excluding hydrogens is 198 g/mol. The van der Waals surface area contributed by atoms with Crippen LogP contribution in [0.5, 0.6) is 0 Å². The van der Waals surface area contributed by atoms with E-state index in [1.807, 2.05) is 0 Å². The molecule has 1 saturated heterocycles. The molecule has 16 heavy (non-hydrogen) atoms. The maximum Gasteiger partial charge on any atom is 0.0575 e. The summed E-state index contributed by atoms with van der Waals surface area (Å²) in [5.41, 5.74) is 0. The smallest absolute Gasteiger partial charge is 0.0575 e. The van der Waals surface area contributed by atoms with Gasteiger partial charge in [-0.05, 0) is 44.6 Å². The van der Waals surface area contributed by atoms with Crippen LogP contribution in [0.1, 0.15) is 59.3 Å². The number of hydrogen-bond donors (Lipinski definition) is 1. The van der Waals surface area contributed by atoms with Gasteiger partial charge in [-0.2, -0.15) is 0 Å². The van der Waals surface area contributed by atoms with Crippen LogP contribution in [0.15, 0.2) is 0 Å². The van der Waals surface area contributed by atoms with E-state index in [9.17, 15) is 0 Å². The van der Waals surface area contributed by atoms with Crippen molar-refractivity contribution in [2.45, 2.75) is 71.4 Å². The Kier molecular flexibility index (Phi) is 7.06. The third-order valence-corrected chi connectivity index (χ3v) is 3.87. The molecular formula is C14H29NO. The fourth-order valence-electron chi connectivity index (χ4n) is 2.53. The minimum absolute atomic E-state index is 0.541. The quantitative estimate of drug-likeness (QED) is 0.720. The van der Waals surface area contributed by atoms with Gasteiger partial charge in [0, 0.05) is 12.6 Å². The largest absolute Gasteiger partial charge is 0.378 e. The molecule has 0 radical (unpaired) electrons. The predicted octanol–water partition coefficient (Wildman–Crippen LogP) is 3.36. The maximum atomic E-state index is 5.79. The van der Waals surface area contributed by atoms with Gasteiger partial charge in [0.25, 0.3) is 0 Å². The Morgan fingerprint density at radius 1 is 1.31 bits per heavy atom. The van der Waals surface area contributed by atoms with Gasteiger partial charge in [0.1, 0.15) is 0 Å². The predicted molar refractivity (Wildman–Crippen MR) is 69.7 cm³/mol. The van der Waals surface area contributed by atoms with Crippen LogP contribution in [-0.2, 0) is 4.74 Å². The van der Waals surface area contributed by atoms with E-state index >= 15 is 0 Å². The molecule has 2 nitrogen and oxygen atoms in total. The van der Waals surface area contributed by atoms with Crippen molar-refractivity contribution >= 4 is 0 Å². The lowest BCUT2D eigenvalue weighted by Gasteiger charge is -2.28. The highest BCUT2D eigenvalue weighted by molar-refractivity contribution is 4.75. The molecule has 1 aliphatic heterocycles. The van der Waals surface area contributed by atoms with Crippen LogP contribution in [0, 0.1) is 5.92 Å².